The average Bonchev–Trinajstić information content (AvgIpc) is 2.95. The molecule has 1 aromatic heterocycles. The lowest BCUT2D eigenvalue weighted by Crippen LogP contribution is -2.00. The SMILES string of the molecule is Brc1ccc(OCc2cn(Cc3ccccc3)nn2)cc1. The third kappa shape index (κ3) is 3.92. The molecule has 4 nitrogen and oxygen atoms in total. The van der Waals surface area contributed by atoms with Gasteiger partial charge in [-0.2, -0.15) is 0 Å². The molecule has 0 radical (unpaired) electrons. The number of aromatic nitrogens is 3. The van der Waals surface area contributed by atoms with Crippen molar-refractivity contribution in [2.24, 2.45) is 0 Å². The molecule has 3 aromatic rings. The molecule has 0 aliphatic rings. The van der Waals surface area contributed by atoms with Crippen LogP contribution < -0.4 is 4.74 Å². The van der Waals surface area contributed by atoms with Crippen molar-refractivity contribution in [1.29, 1.82) is 0 Å². The van der Waals surface area contributed by atoms with Gasteiger partial charge in [-0.3, -0.25) is 0 Å². The van der Waals surface area contributed by atoms with Crippen LogP contribution in [0.1, 0.15) is 11.3 Å². The largest absolute Gasteiger partial charge is 0.487 e. The van der Waals surface area contributed by atoms with Crippen molar-refractivity contribution in [2.45, 2.75) is 13.2 Å². The summed E-state index contributed by atoms with van der Waals surface area (Å²) in [6.07, 6.45) is 1.91. The van der Waals surface area contributed by atoms with E-state index in [9.17, 15) is 0 Å². The number of halogens is 1. The van der Waals surface area contributed by atoms with E-state index in [2.05, 4.69) is 38.4 Å². The van der Waals surface area contributed by atoms with Crippen molar-refractivity contribution in [3.05, 3.63) is 76.5 Å². The molecule has 21 heavy (non-hydrogen) atoms. The summed E-state index contributed by atoms with van der Waals surface area (Å²) in [6, 6.07) is 17.9. The first-order chi connectivity index (χ1) is 10.3. The minimum Gasteiger partial charge on any atom is -0.487 e. The van der Waals surface area contributed by atoms with Crippen LogP contribution in [0, 0.1) is 0 Å². The van der Waals surface area contributed by atoms with Gasteiger partial charge in [-0.25, -0.2) is 4.68 Å². The van der Waals surface area contributed by atoms with Crippen LogP contribution in [0.4, 0.5) is 0 Å². The van der Waals surface area contributed by atoms with Gasteiger partial charge < -0.3 is 4.74 Å². The maximum atomic E-state index is 5.67. The monoisotopic (exact) mass is 343 g/mol. The molecule has 1 heterocycles. The minimum atomic E-state index is 0.413. The highest BCUT2D eigenvalue weighted by Gasteiger charge is 2.03. The zero-order chi connectivity index (χ0) is 14.5. The summed E-state index contributed by atoms with van der Waals surface area (Å²) in [7, 11) is 0. The summed E-state index contributed by atoms with van der Waals surface area (Å²) in [5.41, 5.74) is 2.01. The summed E-state index contributed by atoms with van der Waals surface area (Å²) in [6.45, 7) is 1.13. The Morgan fingerprint density at radius 2 is 1.76 bits per heavy atom. The predicted octanol–water partition coefficient (Wildman–Crippen LogP) is 3.67. The lowest BCUT2D eigenvalue weighted by atomic mass is 10.2. The number of nitrogens with zero attached hydrogens (tertiary/aromatic N) is 3. The number of ether oxygens (including phenoxy) is 1. The number of hydrogen-bond donors (Lipinski definition) is 0. The Kier molecular flexibility index (Phi) is 4.31. The maximum Gasteiger partial charge on any atom is 0.134 e. The molecule has 0 spiro atoms. The molecule has 0 bridgehead atoms. The zero-order valence-electron chi connectivity index (χ0n) is 11.3. The number of hydrogen-bond acceptors (Lipinski definition) is 3. The lowest BCUT2D eigenvalue weighted by Gasteiger charge is -2.03. The fourth-order valence-corrected chi connectivity index (χ4v) is 2.20. The van der Waals surface area contributed by atoms with Crippen LogP contribution in [0.3, 0.4) is 0 Å². The van der Waals surface area contributed by atoms with E-state index in [0.717, 1.165) is 15.9 Å². The van der Waals surface area contributed by atoms with Crippen molar-refractivity contribution in [2.75, 3.05) is 0 Å². The normalized spacial score (nSPS) is 10.5. The molecule has 0 atom stereocenters. The third-order valence-electron chi connectivity index (χ3n) is 2.97. The van der Waals surface area contributed by atoms with Gasteiger partial charge in [0.25, 0.3) is 0 Å². The Morgan fingerprint density at radius 3 is 2.52 bits per heavy atom. The zero-order valence-corrected chi connectivity index (χ0v) is 12.9. The predicted molar refractivity (Wildman–Crippen MR) is 84.0 cm³/mol. The molecule has 0 fully saturated rings. The highest BCUT2D eigenvalue weighted by Crippen LogP contribution is 2.17. The summed E-state index contributed by atoms with van der Waals surface area (Å²) in [5, 5.41) is 8.24. The Labute approximate surface area is 131 Å². The Hall–Kier alpha value is -2.14. The van der Waals surface area contributed by atoms with E-state index in [0.29, 0.717) is 13.2 Å². The summed E-state index contributed by atoms with van der Waals surface area (Å²) in [5.74, 6) is 0.816. The molecule has 0 amide bonds. The van der Waals surface area contributed by atoms with Gasteiger partial charge in [-0.1, -0.05) is 51.5 Å². The van der Waals surface area contributed by atoms with Crippen molar-refractivity contribution in [1.82, 2.24) is 15.0 Å². The molecule has 0 aliphatic carbocycles. The first-order valence-electron chi connectivity index (χ1n) is 6.61. The van der Waals surface area contributed by atoms with Crippen LogP contribution in [-0.4, -0.2) is 15.0 Å². The van der Waals surface area contributed by atoms with Gasteiger partial charge in [-0.15, -0.1) is 5.10 Å². The van der Waals surface area contributed by atoms with Crippen LogP contribution in [-0.2, 0) is 13.2 Å². The van der Waals surface area contributed by atoms with Gasteiger partial charge in [0.15, 0.2) is 0 Å². The van der Waals surface area contributed by atoms with Crippen LogP contribution in [0.25, 0.3) is 0 Å². The highest BCUT2D eigenvalue weighted by atomic mass is 79.9. The van der Waals surface area contributed by atoms with Crippen molar-refractivity contribution >= 4 is 15.9 Å². The summed E-state index contributed by atoms with van der Waals surface area (Å²) in [4.78, 5) is 0. The third-order valence-corrected chi connectivity index (χ3v) is 3.50. The minimum absolute atomic E-state index is 0.413. The van der Waals surface area contributed by atoms with Crippen molar-refractivity contribution in [3.63, 3.8) is 0 Å². The van der Waals surface area contributed by atoms with Crippen molar-refractivity contribution in [3.8, 4) is 5.75 Å². The fraction of sp³-hybridized carbons (Fsp3) is 0.125. The van der Waals surface area contributed by atoms with Gasteiger partial charge in [0, 0.05) is 4.47 Å². The van der Waals surface area contributed by atoms with E-state index >= 15 is 0 Å². The molecule has 0 saturated heterocycles. The van der Waals surface area contributed by atoms with Crippen LogP contribution in [0.2, 0.25) is 0 Å². The first-order valence-corrected chi connectivity index (χ1v) is 7.40. The number of rotatable bonds is 5. The summed E-state index contributed by atoms with van der Waals surface area (Å²) >= 11 is 3.40. The smallest absolute Gasteiger partial charge is 0.134 e. The van der Waals surface area contributed by atoms with E-state index in [1.165, 1.54) is 5.56 Å². The van der Waals surface area contributed by atoms with Gasteiger partial charge in [0.05, 0.1) is 12.7 Å². The molecule has 0 N–H and O–H groups in total. The van der Waals surface area contributed by atoms with Crippen LogP contribution in [0.15, 0.2) is 65.3 Å². The molecule has 106 valence electrons. The second kappa shape index (κ2) is 6.54. The van der Waals surface area contributed by atoms with Crippen LogP contribution in [0.5, 0.6) is 5.75 Å². The molecule has 0 unspecified atom stereocenters. The Bertz CT molecular complexity index is 695. The first kappa shape index (κ1) is 13.8. The fourth-order valence-electron chi connectivity index (χ4n) is 1.94. The van der Waals surface area contributed by atoms with E-state index in [-0.39, 0.29) is 0 Å². The van der Waals surface area contributed by atoms with E-state index in [4.69, 9.17) is 4.74 Å². The quantitative estimate of drug-likeness (QED) is 0.709. The van der Waals surface area contributed by atoms with E-state index < -0.39 is 0 Å². The van der Waals surface area contributed by atoms with Crippen LogP contribution >= 0.6 is 15.9 Å². The standard InChI is InChI=1S/C16H14BrN3O/c17-14-6-8-16(9-7-14)21-12-15-11-20(19-18-15)10-13-4-2-1-3-5-13/h1-9,11H,10,12H2. The van der Waals surface area contributed by atoms with Gasteiger partial charge in [-0.05, 0) is 29.8 Å². The number of benzene rings is 2. The Morgan fingerprint density at radius 1 is 1.00 bits per heavy atom. The molecule has 2 aromatic carbocycles. The van der Waals surface area contributed by atoms with E-state index in [1.807, 2.05) is 53.3 Å². The summed E-state index contributed by atoms with van der Waals surface area (Å²) < 4.78 is 8.52. The van der Waals surface area contributed by atoms with E-state index in [1.54, 1.807) is 0 Å². The second-order valence-electron chi connectivity index (χ2n) is 4.64. The van der Waals surface area contributed by atoms with Gasteiger partial charge in [0.1, 0.15) is 18.1 Å². The molecule has 0 aliphatic heterocycles. The molecular weight excluding hydrogens is 330 g/mol. The lowest BCUT2D eigenvalue weighted by molar-refractivity contribution is 0.301. The van der Waals surface area contributed by atoms with Gasteiger partial charge >= 0.3 is 0 Å². The maximum absolute atomic E-state index is 5.67. The molecule has 5 heteroatoms. The second-order valence-corrected chi connectivity index (χ2v) is 5.55. The average molecular weight is 344 g/mol. The highest BCUT2D eigenvalue weighted by molar-refractivity contribution is 9.10. The Balaban J connectivity index is 1.59. The molecule has 3 rings (SSSR count). The van der Waals surface area contributed by atoms with Crippen molar-refractivity contribution < 1.29 is 4.74 Å². The molecule has 0 saturated carbocycles. The molecular formula is C16H14BrN3O. The topological polar surface area (TPSA) is 39.9 Å². The van der Waals surface area contributed by atoms with Gasteiger partial charge in [0.2, 0.25) is 0 Å².